The summed E-state index contributed by atoms with van der Waals surface area (Å²) in [7, 11) is 0. The first kappa shape index (κ1) is 21.4. The summed E-state index contributed by atoms with van der Waals surface area (Å²) in [6.45, 7) is 0. The molecule has 1 heteroatoms. The molecule has 0 spiro atoms. The molecule has 0 saturated carbocycles. The van der Waals surface area contributed by atoms with Gasteiger partial charge >= 0.3 is 218 Å². The van der Waals surface area contributed by atoms with Gasteiger partial charge in [0.15, 0.2) is 0 Å². The van der Waals surface area contributed by atoms with Crippen molar-refractivity contribution in [1.82, 2.24) is 0 Å². The maximum absolute atomic E-state index is 2.48. The monoisotopic (exact) mass is 524 g/mol. The molecule has 7 rings (SSSR count). The SMILES string of the molecule is c1ccc2cc(Cc3cc(-c4ccc5ccccc5c4)[se]c3-c3cccc4ccccc34)ccc2c1. The molecular weight excluding hydrogens is 499 g/mol. The molecule has 0 radical (unpaired) electrons. The number of rotatable bonds is 4. The van der Waals surface area contributed by atoms with E-state index >= 15 is 0 Å². The average molecular weight is 524 g/mol. The van der Waals surface area contributed by atoms with Crippen LogP contribution in [0, 0.1) is 0 Å². The molecule has 1 aromatic heterocycles. The number of hydrogen-bond donors (Lipinski definition) is 0. The summed E-state index contributed by atoms with van der Waals surface area (Å²) in [4.78, 5) is 0. The molecule has 36 heavy (non-hydrogen) atoms. The van der Waals surface area contributed by atoms with Gasteiger partial charge in [0.25, 0.3) is 0 Å². The number of benzene rings is 6. The van der Waals surface area contributed by atoms with E-state index in [0.29, 0.717) is 0 Å². The molecule has 0 N–H and O–H groups in total. The molecule has 6 aromatic carbocycles. The van der Waals surface area contributed by atoms with Gasteiger partial charge in [0.1, 0.15) is 0 Å². The van der Waals surface area contributed by atoms with Crippen LogP contribution in [0.2, 0.25) is 0 Å². The summed E-state index contributed by atoms with van der Waals surface area (Å²) < 4.78 is 2.97. The van der Waals surface area contributed by atoms with Crippen molar-refractivity contribution in [2.45, 2.75) is 6.42 Å². The molecular formula is C35H24Se. The third-order valence-electron chi connectivity index (χ3n) is 7.09. The molecule has 0 amide bonds. The quantitative estimate of drug-likeness (QED) is 0.202. The fraction of sp³-hybridized carbons (Fsp3) is 0.0286. The predicted octanol–water partition coefficient (Wildman–Crippen LogP) is 9.13. The van der Waals surface area contributed by atoms with Crippen LogP contribution in [-0.4, -0.2) is 14.5 Å². The Morgan fingerprint density at radius 2 is 1.11 bits per heavy atom. The molecule has 0 saturated heterocycles. The first-order valence-corrected chi connectivity index (χ1v) is 14.1. The second-order valence-corrected chi connectivity index (χ2v) is 11.6. The van der Waals surface area contributed by atoms with Gasteiger partial charge in [-0.2, -0.15) is 0 Å². The van der Waals surface area contributed by atoms with Crippen LogP contribution >= 0.6 is 0 Å². The molecule has 0 aliphatic rings. The Kier molecular flexibility index (Phi) is 5.32. The van der Waals surface area contributed by atoms with Gasteiger partial charge in [0.2, 0.25) is 0 Å². The predicted molar refractivity (Wildman–Crippen MR) is 156 cm³/mol. The standard InChI is InChI=1S/C35H24Se/c1-3-11-28-20-24(16-17-25(28)8-1)21-31-23-34(30-19-18-26-9-2-4-12-29(26)22-30)36-35(31)33-15-7-13-27-10-5-6-14-32(27)33/h1-20,22-23H,21H2. The van der Waals surface area contributed by atoms with E-state index in [1.54, 1.807) is 0 Å². The molecule has 0 unspecified atom stereocenters. The summed E-state index contributed by atoms with van der Waals surface area (Å²) in [5, 5.41) is 7.87. The molecule has 0 nitrogen and oxygen atoms in total. The van der Waals surface area contributed by atoms with Crippen LogP contribution in [0.15, 0.2) is 133 Å². The molecule has 0 atom stereocenters. The average Bonchev–Trinajstić information content (AvgIpc) is 3.36. The van der Waals surface area contributed by atoms with E-state index in [0.717, 1.165) is 6.42 Å². The second kappa shape index (κ2) is 8.95. The van der Waals surface area contributed by atoms with Gasteiger partial charge in [-0.3, -0.25) is 0 Å². The van der Waals surface area contributed by atoms with Gasteiger partial charge in [0.05, 0.1) is 0 Å². The van der Waals surface area contributed by atoms with Crippen LogP contribution in [0.1, 0.15) is 11.1 Å². The van der Waals surface area contributed by atoms with Gasteiger partial charge in [-0.1, -0.05) is 0 Å². The fourth-order valence-corrected chi connectivity index (χ4v) is 7.82. The van der Waals surface area contributed by atoms with E-state index in [-0.39, 0.29) is 14.5 Å². The Hall–Kier alpha value is -3.90. The molecule has 170 valence electrons. The fourth-order valence-electron chi connectivity index (χ4n) is 5.26. The van der Waals surface area contributed by atoms with Crippen LogP contribution < -0.4 is 0 Å². The van der Waals surface area contributed by atoms with Crippen molar-refractivity contribution in [3.63, 3.8) is 0 Å². The van der Waals surface area contributed by atoms with Crippen molar-refractivity contribution in [1.29, 1.82) is 0 Å². The summed E-state index contributed by atoms with van der Waals surface area (Å²) in [5.74, 6) is 0. The zero-order valence-corrected chi connectivity index (χ0v) is 21.5. The van der Waals surface area contributed by atoms with Crippen molar-refractivity contribution in [2.75, 3.05) is 0 Å². The Balaban J connectivity index is 1.40. The van der Waals surface area contributed by atoms with Crippen molar-refractivity contribution in [2.24, 2.45) is 0 Å². The first-order chi connectivity index (χ1) is 17.8. The zero-order valence-electron chi connectivity index (χ0n) is 19.8. The molecule has 0 bridgehead atoms. The van der Waals surface area contributed by atoms with E-state index in [2.05, 4.69) is 133 Å². The summed E-state index contributed by atoms with van der Waals surface area (Å²) >= 11 is 0.235. The van der Waals surface area contributed by atoms with Crippen molar-refractivity contribution in [3.05, 3.63) is 145 Å². The Morgan fingerprint density at radius 3 is 1.92 bits per heavy atom. The molecule has 0 fully saturated rings. The summed E-state index contributed by atoms with van der Waals surface area (Å²) in [6.07, 6.45) is 0.947. The van der Waals surface area contributed by atoms with Gasteiger partial charge in [-0.05, 0) is 0 Å². The van der Waals surface area contributed by atoms with E-state index in [4.69, 9.17) is 0 Å². The first-order valence-electron chi connectivity index (χ1n) is 12.4. The van der Waals surface area contributed by atoms with E-state index < -0.39 is 0 Å². The van der Waals surface area contributed by atoms with Crippen molar-refractivity contribution >= 4 is 46.8 Å². The van der Waals surface area contributed by atoms with Gasteiger partial charge in [0, 0.05) is 0 Å². The Labute approximate surface area is 217 Å². The normalized spacial score (nSPS) is 11.4. The second-order valence-electron chi connectivity index (χ2n) is 9.41. The molecule has 0 aliphatic heterocycles. The summed E-state index contributed by atoms with van der Waals surface area (Å²) in [6, 6.07) is 49.2. The van der Waals surface area contributed by atoms with Gasteiger partial charge in [-0.25, -0.2) is 0 Å². The minimum atomic E-state index is 0.235. The van der Waals surface area contributed by atoms with Gasteiger partial charge < -0.3 is 0 Å². The topological polar surface area (TPSA) is 0 Å². The molecule has 1 heterocycles. The van der Waals surface area contributed by atoms with E-state index in [9.17, 15) is 0 Å². The van der Waals surface area contributed by atoms with Crippen molar-refractivity contribution in [3.8, 4) is 20.0 Å². The maximum atomic E-state index is 2.48. The number of hydrogen-bond acceptors (Lipinski definition) is 0. The van der Waals surface area contributed by atoms with Crippen LogP contribution in [-0.2, 0) is 6.42 Å². The third kappa shape index (κ3) is 3.88. The van der Waals surface area contributed by atoms with Gasteiger partial charge in [-0.15, -0.1) is 0 Å². The van der Waals surface area contributed by atoms with Crippen LogP contribution in [0.3, 0.4) is 0 Å². The van der Waals surface area contributed by atoms with Crippen molar-refractivity contribution < 1.29 is 0 Å². The summed E-state index contributed by atoms with van der Waals surface area (Å²) in [5.41, 5.74) is 5.55. The van der Waals surface area contributed by atoms with E-state index in [1.165, 1.54) is 63.4 Å². The Morgan fingerprint density at radius 1 is 0.472 bits per heavy atom. The van der Waals surface area contributed by atoms with Crippen LogP contribution in [0.5, 0.6) is 0 Å². The molecule has 0 aliphatic carbocycles. The minimum absolute atomic E-state index is 0.235. The third-order valence-corrected chi connectivity index (χ3v) is 9.73. The Bertz CT molecular complexity index is 1870. The van der Waals surface area contributed by atoms with Crippen LogP contribution in [0.4, 0.5) is 0 Å². The van der Waals surface area contributed by atoms with Crippen LogP contribution in [0.25, 0.3) is 52.3 Å². The molecule has 7 aromatic rings. The van der Waals surface area contributed by atoms with E-state index in [1.807, 2.05) is 0 Å². The zero-order chi connectivity index (χ0) is 23.9. The number of fused-ring (bicyclic) bond motifs is 3.